The molecule has 0 spiro atoms. The van der Waals surface area contributed by atoms with Crippen molar-refractivity contribution in [2.75, 3.05) is 6.61 Å². The lowest BCUT2D eigenvalue weighted by Gasteiger charge is -2.32. The Morgan fingerprint density at radius 2 is 1.95 bits per heavy atom. The summed E-state index contributed by atoms with van der Waals surface area (Å²) in [5.74, 6) is -7.11. The smallest absolute Gasteiger partial charge is 0.377 e. The van der Waals surface area contributed by atoms with Gasteiger partial charge in [0.05, 0.1) is 6.61 Å². The molecule has 1 aromatic rings. The fourth-order valence-corrected chi connectivity index (χ4v) is 2.93. The standard InChI is InChI=1S/C16H17ClF2O3/c1-2-22-15(21)16(18,19)12-7-11(8-14(20)9-12)10-3-5-13(17)6-4-10/h3-6,11-12H,2,7-9H2,1H3. The molecule has 2 unspecified atom stereocenters. The van der Waals surface area contributed by atoms with Gasteiger partial charge in [0, 0.05) is 23.8 Å². The number of carbonyl (C=O) groups is 2. The van der Waals surface area contributed by atoms with Crippen LogP contribution in [0.2, 0.25) is 5.02 Å². The zero-order valence-electron chi connectivity index (χ0n) is 12.2. The monoisotopic (exact) mass is 330 g/mol. The van der Waals surface area contributed by atoms with Crippen LogP contribution in [0.5, 0.6) is 0 Å². The molecule has 0 aromatic heterocycles. The van der Waals surface area contributed by atoms with Crippen molar-refractivity contribution in [3.63, 3.8) is 0 Å². The van der Waals surface area contributed by atoms with E-state index in [4.69, 9.17) is 11.6 Å². The van der Waals surface area contributed by atoms with Crippen LogP contribution >= 0.6 is 11.6 Å². The Morgan fingerprint density at radius 1 is 1.32 bits per heavy atom. The highest BCUT2D eigenvalue weighted by atomic mass is 35.5. The SMILES string of the molecule is CCOC(=O)C(F)(F)C1CC(=O)CC(c2ccc(Cl)cc2)C1. The van der Waals surface area contributed by atoms with E-state index in [1.54, 1.807) is 24.3 Å². The number of halogens is 3. The average molecular weight is 331 g/mol. The number of Topliss-reactive ketones (excluding diaryl/α,β-unsaturated/α-hetero) is 1. The molecule has 22 heavy (non-hydrogen) atoms. The Bertz CT molecular complexity index is 557. The van der Waals surface area contributed by atoms with E-state index >= 15 is 0 Å². The van der Waals surface area contributed by atoms with Crippen molar-refractivity contribution in [3.05, 3.63) is 34.9 Å². The first-order valence-corrected chi connectivity index (χ1v) is 7.54. The first-order valence-electron chi connectivity index (χ1n) is 7.16. The minimum atomic E-state index is -3.64. The van der Waals surface area contributed by atoms with Crippen LogP contribution < -0.4 is 0 Å². The van der Waals surface area contributed by atoms with Crippen molar-refractivity contribution in [1.29, 1.82) is 0 Å². The zero-order chi connectivity index (χ0) is 16.3. The van der Waals surface area contributed by atoms with Gasteiger partial charge in [-0.25, -0.2) is 4.79 Å². The molecule has 0 bridgehead atoms. The summed E-state index contributed by atoms with van der Waals surface area (Å²) in [6.45, 7) is 1.35. The number of ether oxygens (including phenoxy) is 1. The Labute approximate surface area is 132 Å². The van der Waals surface area contributed by atoms with Crippen LogP contribution in [0.4, 0.5) is 8.78 Å². The molecule has 0 N–H and O–H groups in total. The molecule has 2 atom stereocenters. The maximum Gasteiger partial charge on any atom is 0.377 e. The van der Waals surface area contributed by atoms with Crippen LogP contribution in [0.1, 0.15) is 37.7 Å². The van der Waals surface area contributed by atoms with Gasteiger partial charge in [0.1, 0.15) is 5.78 Å². The second kappa shape index (κ2) is 6.73. The lowest BCUT2D eigenvalue weighted by Crippen LogP contribution is -2.42. The summed E-state index contributed by atoms with van der Waals surface area (Å²) in [7, 11) is 0. The molecular weight excluding hydrogens is 314 g/mol. The second-order valence-corrected chi connectivity index (χ2v) is 5.91. The zero-order valence-corrected chi connectivity index (χ0v) is 12.9. The Balaban J connectivity index is 2.19. The number of esters is 1. The van der Waals surface area contributed by atoms with Crippen molar-refractivity contribution >= 4 is 23.4 Å². The first kappa shape index (κ1) is 16.9. The molecule has 1 fully saturated rings. The van der Waals surface area contributed by atoms with Gasteiger partial charge in [-0.05, 0) is 37.0 Å². The molecule has 3 nitrogen and oxygen atoms in total. The molecule has 0 aliphatic heterocycles. The molecule has 2 rings (SSSR count). The largest absolute Gasteiger partial charge is 0.462 e. The summed E-state index contributed by atoms with van der Waals surface area (Å²) < 4.78 is 32.8. The average Bonchev–Trinajstić information content (AvgIpc) is 2.47. The third-order valence-corrected chi connectivity index (χ3v) is 4.17. The van der Waals surface area contributed by atoms with Gasteiger partial charge >= 0.3 is 11.9 Å². The van der Waals surface area contributed by atoms with Crippen LogP contribution in [0.3, 0.4) is 0 Å². The highest BCUT2D eigenvalue weighted by Gasteiger charge is 2.51. The van der Waals surface area contributed by atoms with E-state index < -0.39 is 17.8 Å². The fourth-order valence-electron chi connectivity index (χ4n) is 2.80. The number of alkyl halides is 2. The van der Waals surface area contributed by atoms with Gasteiger partial charge in [-0.2, -0.15) is 8.78 Å². The number of carbonyl (C=O) groups excluding carboxylic acids is 2. The van der Waals surface area contributed by atoms with Crippen LogP contribution in [0.15, 0.2) is 24.3 Å². The lowest BCUT2D eigenvalue weighted by atomic mass is 9.75. The third-order valence-electron chi connectivity index (χ3n) is 3.92. The number of hydrogen-bond donors (Lipinski definition) is 0. The van der Waals surface area contributed by atoms with Crippen molar-refractivity contribution < 1.29 is 23.1 Å². The summed E-state index contributed by atoms with van der Waals surface area (Å²) in [5.41, 5.74) is 0.780. The predicted octanol–water partition coefficient (Wildman–Crippen LogP) is 3.99. The van der Waals surface area contributed by atoms with E-state index in [1.165, 1.54) is 6.92 Å². The first-order chi connectivity index (χ1) is 10.3. The molecule has 0 heterocycles. The number of ketones is 1. The summed E-state index contributed by atoms with van der Waals surface area (Å²) in [6.07, 6.45) is -0.0217. The fraction of sp³-hybridized carbons (Fsp3) is 0.500. The molecule has 1 aliphatic carbocycles. The van der Waals surface area contributed by atoms with Crippen LogP contribution in [0.25, 0.3) is 0 Å². The van der Waals surface area contributed by atoms with Crippen LogP contribution in [-0.2, 0) is 14.3 Å². The molecule has 120 valence electrons. The van der Waals surface area contributed by atoms with E-state index in [1.807, 2.05) is 0 Å². The Hall–Kier alpha value is -1.49. The van der Waals surface area contributed by atoms with E-state index in [9.17, 15) is 18.4 Å². The topological polar surface area (TPSA) is 43.4 Å². The maximum atomic E-state index is 14.2. The summed E-state index contributed by atoms with van der Waals surface area (Å²) in [4.78, 5) is 23.3. The van der Waals surface area contributed by atoms with Gasteiger partial charge in [0.15, 0.2) is 0 Å². The molecular formula is C16H17ClF2O3. The van der Waals surface area contributed by atoms with Gasteiger partial charge in [-0.3, -0.25) is 4.79 Å². The molecule has 0 saturated heterocycles. The normalized spacial score (nSPS) is 22.5. The van der Waals surface area contributed by atoms with E-state index in [-0.39, 0.29) is 37.6 Å². The molecule has 1 saturated carbocycles. The number of rotatable bonds is 4. The quantitative estimate of drug-likeness (QED) is 0.784. The van der Waals surface area contributed by atoms with E-state index in [0.29, 0.717) is 5.02 Å². The van der Waals surface area contributed by atoms with E-state index in [2.05, 4.69) is 4.74 Å². The highest BCUT2D eigenvalue weighted by Crippen LogP contribution is 2.42. The number of hydrogen-bond acceptors (Lipinski definition) is 3. The van der Waals surface area contributed by atoms with Gasteiger partial charge in [0.2, 0.25) is 0 Å². The molecule has 0 radical (unpaired) electrons. The minimum absolute atomic E-state index is 0.0686. The Morgan fingerprint density at radius 3 is 2.55 bits per heavy atom. The lowest BCUT2D eigenvalue weighted by molar-refractivity contribution is -0.182. The van der Waals surface area contributed by atoms with Crippen LogP contribution in [-0.4, -0.2) is 24.3 Å². The molecule has 6 heteroatoms. The van der Waals surface area contributed by atoms with E-state index in [0.717, 1.165) is 5.56 Å². The molecule has 1 aliphatic rings. The van der Waals surface area contributed by atoms with Gasteiger partial charge in [-0.1, -0.05) is 23.7 Å². The van der Waals surface area contributed by atoms with Crippen molar-refractivity contribution in [2.24, 2.45) is 5.92 Å². The predicted molar refractivity (Wildman–Crippen MR) is 78.1 cm³/mol. The Kier molecular flexibility index (Phi) is 5.16. The number of benzene rings is 1. The molecule has 1 aromatic carbocycles. The van der Waals surface area contributed by atoms with Crippen molar-refractivity contribution in [3.8, 4) is 0 Å². The highest BCUT2D eigenvalue weighted by molar-refractivity contribution is 6.30. The van der Waals surface area contributed by atoms with Gasteiger partial charge in [-0.15, -0.1) is 0 Å². The summed E-state index contributed by atoms with van der Waals surface area (Å²) in [6, 6.07) is 6.78. The van der Waals surface area contributed by atoms with Gasteiger partial charge < -0.3 is 4.74 Å². The summed E-state index contributed by atoms with van der Waals surface area (Å²) >= 11 is 5.81. The summed E-state index contributed by atoms with van der Waals surface area (Å²) in [5, 5.41) is 0.541. The van der Waals surface area contributed by atoms with Crippen molar-refractivity contribution in [1.82, 2.24) is 0 Å². The van der Waals surface area contributed by atoms with Crippen molar-refractivity contribution in [2.45, 2.75) is 38.0 Å². The van der Waals surface area contributed by atoms with Gasteiger partial charge in [0.25, 0.3) is 0 Å². The van der Waals surface area contributed by atoms with Crippen LogP contribution in [0, 0.1) is 5.92 Å². The minimum Gasteiger partial charge on any atom is -0.462 e. The third kappa shape index (κ3) is 3.64. The second-order valence-electron chi connectivity index (χ2n) is 5.47. The maximum absolute atomic E-state index is 14.2. The molecule has 0 amide bonds.